The zero-order valence-electron chi connectivity index (χ0n) is 16.7. The molecule has 5 nitrogen and oxygen atoms in total. The minimum atomic E-state index is -3.95. The molecule has 0 saturated heterocycles. The number of anilines is 1. The molecule has 0 bridgehead atoms. The van der Waals surface area contributed by atoms with E-state index in [2.05, 4.69) is 17.0 Å². The number of carbonyl (C=O) groups is 1. The monoisotopic (exact) mass is 442 g/mol. The number of benzene rings is 3. The van der Waals surface area contributed by atoms with Gasteiger partial charge in [-0.2, -0.15) is 0 Å². The van der Waals surface area contributed by atoms with Crippen molar-refractivity contribution in [2.24, 2.45) is 0 Å². The van der Waals surface area contributed by atoms with Gasteiger partial charge in [0.1, 0.15) is 4.90 Å². The summed E-state index contributed by atoms with van der Waals surface area (Å²) in [6, 6.07) is 20.5. The van der Waals surface area contributed by atoms with Crippen molar-refractivity contribution >= 4 is 33.2 Å². The normalized spacial score (nSPS) is 12.2. The molecular formula is C23H23ClN2O3S. The van der Waals surface area contributed by atoms with E-state index in [9.17, 15) is 13.2 Å². The van der Waals surface area contributed by atoms with Crippen LogP contribution in [0.3, 0.4) is 0 Å². The number of para-hydroxylation sites is 1. The second-order valence-electron chi connectivity index (χ2n) is 6.91. The number of halogens is 1. The molecule has 3 rings (SSSR count). The van der Waals surface area contributed by atoms with Crippen molar-refractivity contribution in [3.63, 3.8) is 0 Å². The van der Waals surface area contributed by atoms with Crippen LogP contribution < -0.4 is 10.0 Å². The minimum absolute atomic E-state index is 0.0400. The van der Waals surface area contributed by atoms with Crippen molar-refractivity contribution < 1.29 is 13.2 Å². The standard InChI is InChI=1S/C23H23ClN2O3S/c1-3-17-9-11-18(12-10-17)16(2)25-23(27)19-13-14-21(24)22(15-19)30(28,29)26-20-7-5-4-6-8-20/h4-16,26H,3H2,1-2H3,(H,25,27)/t16-/m0/s1. The first kappa shape index (κ1) is 21.9. The Morgan fingerprint density at radius 2 is 1.67 bits per heavy atom. The third-order valence-electron chi connectivity index (χ3n) is 4.74. The number of amides is 1. The predicted molar refractivity (Wildman–Crippen MR) is 120 cm³/mol. The average molecular weight is 443 g/mol. The molecule has 0 saturated carbocycles. The Morgan fingerprint density at radius 1 is 1.00 bits per heavy atom. The van der Waals surface area contributed by atoms with E-state index in [4.69, 9.17) is 11.6 Å². The molecule has 2 N–H and O–H groups in total. The minimum Gasteiger partial charge on any atom is -0.346 e. The van der Waals surface area contributed by atoms with Crippen molar-refractivity contribution in [2.75, 3.05) is 4.72 Å². The molecule has 0 heterocycles. The van der Waals surface area contributed by atoms with Crippen molar-refractivity contribution in [1.82, 2.24) is 5.32 Å². The van der Waals surface area contributed by atoms with Crippen LogP contribution in [0.2, 0.25) is 5.02 Å². The summed E-state index contributed by atoms with van der Waals surface area (Å²) in [4.78, 5) is 12.6. The maximum atomic E-state index is 12.8. The zero-order valence-corrected chi connectivity index (χ0v) is 18.3. The molecule has 1 atom stereocenters. The van der Waals surface area contributed by atoms with Gasteiger partial charge in [-0.1, -0.05) is 61.0 Å². The van der Waals surface area contributed by atoms with Gasteiger partial charge in [0.2, 0.25) is 0 Å². The Balaban J connectivity index is 1.80. The Labute approximate surface area is 182 Å². The maximum absolute atomic E-state index is 12.8. The number of sulfonamides is 1. The highest BCUT2D eigenvalue weighted by Gasteiger charge is 2.21. The molecular weight excluding hydrogens is 420 g/mol. The number of rotatable bonds is 7. The van der Waals surface area contributed by atoms with Gasteiger partial charge in [0.25, 0.3) is 15.9 Å². The van der Waals surface area contributed by atoms with Crippen molar-refractivity contribution in [2.45, 2.75) is 31.2 Å². The first-order chi connectivity index (χ1) is 14.3. The van der Waals surface area contributed by atoms with Gasteiger partial charge in [-0.25, -0.2) is 8.42 Å². The number of nitrogens with one attached hydrogen (secondary N) is 2. The largest absolute Gasteiger partial charge is 0.346 e. The third-order valence-corrected chi connectivity index (χ3v) is 6.61. The summed E-state index contributed by atoms with van der Waals surface area (Å²) in [5.41, 5.74) is 2.81. The predicted octanol–water partition coefficient (Wildman–Crippen LogP) is 5.19. The lowest BCUT2D eigenvalue weighted by molar-refractivity contribution is 0.0939. The molecule has 30 heavy (non-hydrogen) atoms. The molecule has 3 aromatic carbocycles. The van der Waals surface area contributed by atoms with E-state index in [1.54, 1.807) is 30.3 Å². The first-order valence-corrected chi connectivity index (χ1v) is 11.4. The summed E-state index contributed by atoms with van der Waals surface area (Å²) in [5.74, 6) is -0.380. The molecule has 0 aromatic heterocycles. The van der Waals surface area contributed by atoms with Crippen LogP contribution in [0, 0.1) is 0 Å². The Kier molecular flexibility index (Phi) is 6.80. The fourth-order valence-electron chi connectivity index (χ4n) is 2.97. The highest BCUT2D eigenvalue weighted by Crippen LogP contribution is 2.25. The lowest BCUT2D eigenvalue weighted by atomic mass is 10.0. The number of hydrogen-bond acceptors (Lipinski definition) is 3. The van der Waals surface area contributed by atoms with Gasteiger partial charge >= 0.3 is 0 Å². The van der Waals surface area contributed by atoms with Crippen LogP contribution >= 0.6 is 11.6 Å². The van der Waals surface area contributed by atoms with Crippen LogP contribution in [0.4, 0.5) is 5.69 Å². The van der Waals surface area contributed by atoms with E-state index >= 15 is 0 Å². The zero-order chi connectivity index (χ0) is 21.7. The molecule has 0 unspecified atom stereocenters. The van der Waals surface area contributed by atoms with Gasteiger partial charge in [0, 0.05) is 11.3 Å². The maximum Gasteiger partial charge on any atom is 0.263 e. The highest BCUT2D eigenvalue weighted by atomic mass is 35.5. The average Bonchev–Trinajstić information content (AvgIpc) is 2.74. The molecule has 0 aliphatic carbocycles. The van der Waals surface area contributed by atoms with Gasteiger partial charge < -0.3 is 5.32 Å². The summed E-state index contributed by atoms with van der Waals surface area (Å²) in [5, 5.41) is 2.94. The van der Waals surface area contributed by atoms with Gasteiger partial charge in [0.15, 0.2) is 0 Å². The molecule has 156 valence electrons. The smallest absolute Gasteiger partial charge is 0.263 e. The molecule has 0 spiro atoms. The molecule has 7 heteroatoms. The molecule has 0 aliphatic rings. The van der Waals surface area contributed by atoms with E-state index < -0.39 is 10.0 Å². The van der Waals surface area contributed by atoms with Crippen LogP contribution in [0.5, 0.6) is 0 Å². The lowest BCUT2D eigenvalue weighted by Gasteiger charge is -2.16. The second-order valence-corrected chi connectivity index (χ2v) is 8.97. The fourth-order valence-corrected chi connectivity index (χ4v) is 4.56. The van der Waals surface area contributed by atoms with E-state index in [0.717, 1.165) is 12.0 Å². The van der Waals surface area contributed by atoms with Crippen LogP contribution in [0.1, 0.15) is 41.4 Å². The topological polar surface area (TPSA) is 75.3 Å². The van der Waals surface area contributed by atoms with Gasteiger partial charge in [-0.3, -0.25) is 9.52 Å². The summed E-state index contributed by atoms with van der Waals surface area (Å²) in [6.07, 6.45) is 0.945. The first-order valence-electron chi connectivity index (χ1n) is 9.57. The Morgan fingerprint density at radius 3 is 2.30 bits per heavy atom. The molecule has 0 aliphatic heterocycles. The lowest BCUT2D eigenvalue weighted by Crippen LogP contribution is -2.27. The van der Waals surface area contributed by atoms with E-state index in [1.807, 2.05) is 31.2 Å². The number of aryl methyl sites for hydroxylation is 1. The van der Waals surface area contributed by atoms with Gasteiger partial charge in [0.05, 0.1) is 11.1 Å². The summed E-state index contributed by atoms with van der Waals surface area (Å²) < 4.78 is 28.0. The van der Waals surface area contributed by atoms with Gasteiger partial charge in [-0.05, 0) is 54.8 Å². The fraction of sp³-hybridized carbons (Fsp3) is 0.174. The van der Waals surface area contributed by atoms with E-state index in [-0.39, 0.29) is 27.4 Å². The van der Waals surface area contributed by atoms with Crippen molar-refractivity contribution in [3.05, 3.63) is 94.5 Å². The van der Waals surface area contributed by atoms with Crippen molar-refractivity contribution in [1.29, 1.82) is 0 Å². The summed E-state index contributed by atoms with van der Waals surface area (Å²) >= 11 is 6.13. The van der Waals surface area contributed by atoms with Gasteiger partial charge in [-0.15, -0.1) is 0 Å². The quantitative estimate of drug-likeness (QED) is 0.528. The van der Waals surface area contributed by atoms with Crippen LogP contribution in [-0.2, 0) is 16.4 Å². The molecule has 3 aromatic rings. The summed E-state index contributed by atoms with van der Waals surface area (Å²) in [7, 11) is -3.95. The van der Waals surface area contributed by atoms with E-state index in [0.29, 0.717) is 5.69 Å². The van der Waals surface area contributed by atoms with Crippen LogP contribution in [-0.4, -0.2) is 14.3 Å². The molecule has 0 radical (unpaired) electrons. The Bertz CT molecular complexity index is 1130. The number of hydrogen-bond donors (Lipinski definition) is 2. The molecule has 0 fully saturated rings. The van der Waals surface area contributed by atoms with Crippen LogP contribution in [0.15, 0.2) is 77.7 Å². The highest BCUT2D eigenvalue weighted by molar-refractivity contribution is 7.92. The SMILES string of the molecule is CCc1ccc([C@H](C)NC(=O)c2ccc(Cl)c(S(=O)(=O)Nc3ccccc3)c2)cc1. The summed E-state index contributed by atoms with van der Waals surface area (Å²) in [6.45, 7) is 3.96. The second kappa shape index (κ2) is 9.32. The van der Waals surface area contributed by atoms with Crippen LogP contribution in [0.25, 0.3) is 0 Å². The van der Waals surface area contributed by atoms with E-state index in [1.165, 1.54) is 23.8 Å². The molecule has 1 amide bonds. The third kappa shape index (κ3) is 5.20. The number of carbonyl (C=O) groups excluding carboxylic acids is 1. The Hall–Kier alpha value is -2.83. The van der Waals surface area contributed by atoms with Crippen molar-refractivity contribution in [3.8, 4) is 0 Å².